The van der Waals surface area contributed by atoms with E-state index in [1.165, 1.54) is 11.1 Å². The molecule has 1 aliphatic carbocycles. The molecular weight excluding hydrogens is 196 g/mol. The maximum Gasteiger partial charge on any atom is 0.0966 e. The van der Waals surface area contributed by atoms with Gasteiger partial charge < -0.3 is 5.73 Å². The SMILES string of the molecule is CC(C)C(N)=NC1CCc2ccccc2C1. The van der Waals surface area contributed by atoms with Gasteiger partial charge in [0.2, 0.25) is 0 Å². The van der Waals surface area contributed by atoms with Crippen LogP contribution in [0.3, 0.4) is 0 Å². The monoisotopic (exact) mass is 216 g/mol. The van der Waals surface area contributed by atoms with Crippen LogP contribution in [-0.4, -0.2) is 11.9 Å². The van der Waals surface area contributed by atoms with Gasteiger partial charge in [-0.25, -0.2) is 0 Å². The summed E-state index contributed by atoms with van der Waals surface area (Å²) in [7, 11) is 0. The normalized spacial score (nSPS) is 20.9. The molecule has 0 aliphatic heterocycles. The van der Waals surface area contributed by atoms with Crippen molar-refractivity contribution < 1.29 is 0 Å². The lowest BCUT2D eigenvalue weighted by Crippen LogP contribution is -2.25. The molecule has 0 fully saturated rings. The fourth-order valence-corrected chi connectivity index (χ4v) is 2.15. The summed E-state index contributed by atoms with van der Waals surface area (Å²) in [4.78, 5) is 4.63. The van der Waals surface area contributed by atoms with Gasteiger partial charge in [0.15, 0.2) is 0 Å². The Hall–Kier alpha value is -1.31. The van der Waals surface area contributed by atoms with Gasteiger partial charge in [-0.2, -0.15) is 0 Å². The summed E-state index contributed by atoms with van der Waals surface area (Å²) in [5, 5.41) is 0. The van der Waals surface area contributed by atoms with Gasteiger partial charge in [0.1, 0.15) is 0 Å². The van der Waals surface area contributed by atoms with E-state index in [9.17, 15) is 0 Å². The minimum absolute atomic E-state index is 0.358. The summed E-state index contributed by atoms with van der Waals surface area (Å²) in [6.07, 6.45) is 3.31. The van der Waals surface area contributed by atoms with Crippen molar-refractivity contribution in [3.05, 3.63) is 35.4 Å². The molecule has 0 spiro atoms. The number of aliphatic imine (C=N–C) groups is 1. The third-order valence-corrected chi connectivity index (χ3v) is 3.24. The summed E-state index contributed by atoms with van der Waals surface area (Å²) in [5.41, 5.74) is 8.84. The van der Waals surface area contributed by atoms with Crippen LogP contribution in [0.15, 0.2) is 29.3 Å². The predicted molar refractivity (Wildman–Crippen MR) is 68.7 cm³/mol. The summed E-state index contributed by atoms with van der Waals surface area (Å²) in [6.45, 7) is 4.19. The van der Waals surface area contributed by atoms with Crippen molar-refractivity contribution >= 4 is 5.84 Å². The first-order valence-electron chi connectivity index (χ1n) is 6.06. The summed E-state index contributed by atoms with van der Waals surface area (Å²) < 4.78 is 0. The Bertz CT molecular complexity index is 393. The lowest BCUT2D eigenvalue weighted by molar-refractivity contribution is 0.574. The van der Waals surface area contributed by atoms with Crippen LogP contribution in [0.4, 0.5) is 0 Å². The molecule has 16 heavy (non-hydrogen) atoms. The smallest absolute Gasteiger partial charge is 0.0966 e. The summed E-state index contributed by atoms with van der Waals surface area (Å²) in [5.74, 6) is 1.15. The summed E-state index contributed by atoms with van der Waals surface area (Å²) in [6, 6.07) is 9.04. The molecule has 0 saturated heterocycles. The number of hydrogen-bond donors (Lipinski definition) is 1. The van der Waals surface area contributed by atoms with E-state index >= 15 is 0 Å². The Morgan fingerprint density at radius 3 is 2.69 bits per heavy atom. The number of nitrogens with two attached hydrogens (primary N) is 1. The molecule has 2 rings (SSSR count). The van der Waals surface area contributed by atoms with Crippen LogP contribution in [0.1, 0.15) is 31.4 Å². The molecule has 86 valence electrons. The Balaban J connectivity index is 2.11. The number of hydrogen-bond acceptors (Lipinski definition) is 1. The van der Waals surface area contributed by atoms with E-state index in [0.717, 1.165) is 25.1 Å². The number of benzene rings is 1. The molecule has 1 aliphatic rings. The van der Waals surface area contributed by atoms with Crippen LogP contribution in [0.5, 0.6) is 0 Å². The minimum Gasteiger partial charge on any atom is -0.387 e. The first kappa shape index (κ1) is 11.2. The predicted octanol–water partition coefficient (Wildman–Crippen LogP) is 2.56. The zero-order chi connectivity index (χ0) is 11.5. The van der Waals surface area contributed by atoms with E-state index in [4.69, 9.17) is 5.73 Å². The molecule has 0 heterocycles. The van der Waals surface area contributed by atoms with Crippen molar-refractivity contribution in [3.63, 3.8) is 0 Å². The van der Waals surface area contributed by atoms with E-state index in [1.807, 2.05) is 0 Å². The fourth-order valence-electron chi connectivity index (χ4n) is 2.15. The van der Waals surface area contributed by atoms with Crippen molar-refractivity contribution in [3.8, 4) is 0 Å². The molecule has 2 N–H and O–H groups in total. The van der Waals surface area contributed by atoms with E-state index in [0.29, 0.717) is 12.0 Å². The number of nitrogens with zero attached hydrogens (tertiary/aromatic N) is 1. The Morgan fingerprint density at radius 1 is 1.31 bits per heavy atom. The molecule has 1 aromatic carbocycles. The molecule has 0 amide bonds. The first-order valence-corrected chi connectivity index (χ1v) is 6.06. The van der Waals surface area contributed by atoms with E-state index in [-0.39, 0.29) is 0 Å². The van der Waals surface area contributed by atoms with Crippen molar-refractivity contribution in [1.29, 1.82) is 0 Å². The Labute approximate surface area is 97.6 Å². The van der Waals surface area contributed by atoms with Crippen molar-refractivity contribution in [2.45, 2.75) is 39.2 Å². The van der Waals surface area contributed by atoms with Crippen LogP contribution >= 0.6 is 0 Å². The molecule has 0 aromatic heterocycles. The summed E-state index contributed by atoms with van der Waals surface area (Å²) >= 11 is 0. The van der Waals surface area contributed by atoms with Crippen LogP contribution in [0.2, 0.25) is 0 Å². The van der Waals surface area contributed by atoms with Gasteiger partial charge in [-0.05, 0) is 30.4 Å². The highest BCUT2D eigenvalue weighted by Gasteiger charge is 2.17. The third-order valence-electron chi connectivity index (χ3n) is 3.24. The average Bonchev–Trinajstić information content (AvgIpc) is 2.28. The first-order chi connectivity index (χ1) is 7.66. The number of amidine groups is 1. The lowest BCUT2D eigenvalue weighted by Gasteiger charge is -2.22. The molecule has 2 nitrogen and oxygen atoms in total. The van der Waals surface area contributed by atoms with E-state index < -0.39 is 0 Å². The average molecular weight is 216 g/mol. The maximum absolute atomic E-state index is 5.92. The number of fused-ring (bicyclic) bond motifs is 1. The van der Waals surface area contributed by atoms with Gasteiger partial charge in [-0.15, -0.1) is 0 Å². The van der Waals surface area contributed by atoms with Crippen LogP contribution in [-0.2, 0) is 12.8 Å². The highest BCUT2D eigenvalue weighted by molar-refractivity contribution is 5.82. The van der Waals surface area contributed by atoms with Crippen LogP contribution < -0.4 is 5.73 Å². The molecular formula is C14H20N2. The quantitative estimate of drug-likeness (QED) is 0.599. The minimum atomic E-state index is 0.358. The van der Waals surface area contributed by atoms with E-state index in [1.54, 1.807) is 0 Å². The maximum atomic E-state index is 5.92. The second-order valence-corrected chi connectivity index (χ2v) is 4.87. The van der Waals surface area contributed by atoms with Gasteiger partial charge in [-0.3, -0.25) is 4.99 Å². The highest BCUT2D eigenvalue weighted by atomic mass is 14.9. The standard InChI is InChI=1S/C14H20N2/c1-10(2)14(15)16-13-8-7-11-5-3-4-6-12(11)9-13/h3-6,10,13H,7-9H2,1-2H3,(H2,15,16). The fraction of sp³-hybridized carbons (Fsp3) is 0.500. The van der Waals surface area contributed by atoms with Gasteiger partial charge in [0.05, 0.1) is 11.9 Å². The zero-order valence-electron chi connectivity index (χ0n) is 10.1. The Morgan fingerprint density at radius 2 is 2.00 bits per heavy atom. The van der Waals surface area contributed by atoms with Gasteiger partial charge >= 0.3 is 0 Å². The molecule has 0 radical (unpaired) electrons. The largest absolute Gasteiger partial charge is 0.387 e. The van der Waals surface area contributed by atoms with E-state index in [2.05, 4.69) is 43.1 Å². The van der Waals surface area contributed by atoms with Gasteiger partial charge in [-0.1, -0.05) is 38.1 Å². The zero-order valence-corrected chi connectivity index (χ0v) is 10.1. The molecule has 1 unspecified atom stereocenters. The molecule has 1 aromatic rings. The van der Waals surface area contributed by atoms with Gasteiger partial charge in [0.25, 0.3) is 0 Å². The molecule has 2 heteroatoms. The van der Waals surface area contributed by atoms with Crippen LogP contribution in [0, 0.1) is 5.92 Å². The van der Waals surface area contributed by atoms with Crippen molar-refractivity contribution in [1.82, 2.24) is 0 Å². The van der Waals surface area contributed by atoms with Crippen LogP contribution in [0.25, 0.3) is 0 Å². The second-order valence-electron chi connectivity index (χ2n) is 4.87. The van der Waals surface area contributed by atoms with Crippen molar-refractivity contribution in [2.24, 2.45) is 16.6 Å². The molecule has 1 atom stereocenters. The third kappa shape index (κ3) is 2.43. The molecule has 0 saturated carbocycles. The molecule has 0 bridgehead atoms. The Kier molecular flexibility index (Phi) is 3.28. The topological polar surface area (TPSA) is 38.4 Å². The highest BCUT2D eigenvalue weighted by Crippen LogP contribution is 2.23. The number of aryl methyl sites for hydroxylation is 1. The lowest BCUT2D eigenvalue weighted by atomic mass is 9.88. The van der Waals surface area contributed by atoms with Gasteiger partial charge in [0, 0.05) is 5.92 Å². The second kappa shape index (κ2) is 4.69. The van der Waals surface area contributed by atoms with Crippen molar-refractivity contribution in [2.75, 3.05) is 0 Å². The number of rotatable bonds is 2.